The number of hydrogen-bond acceptors (Lipinski definition) is 4. The van der Waals surface area contributed by atoms with Crippen LogP contribution in [0.15, 0.2) is 0 Å². The lowest BCUT2D eigenvalue weighted by atomic mass is 10.2. The Hall–Kier alpha value is -0.860. The first kappa shape index (κ1) is 17.2. The van der Waals surface area contributed by atoms with Gasteiger partial charge in [-0.1, -0.05) is 0 Å². The Labute approximate surface area is 116 Å². The number of methoxy groups -OCH3 is 1. The third kappa shape index (κ3) is 4.60. The molecule has 8 heteroatoms. The largest absolute Gasteiger partial charge is 0.403 e. The van der Waals surface area contributed by atoms with Crippen molar-refractivity contribution in [1.82, 2.24) is 9.80 Å². The average molecular weight is 297 g/mol. The fourth-order valence-electron chi connectivity index (χ4n) is 2.15. The zero-order valence-electron chi connectivity index (χ0n) is 11.8. The van der Waals surface area contributed by atoms with Gasteiger partial charge >= 0.3 is 6.18 Å². The topological polar surface area (TPSA) is 58.8 Å². The van der Waals surface area contributed by atoms with Crippen LogP contribution in [0.5, 0.6) is 0 Å². The standard InChI is InChI=1S/C12H22F3N3O2/c1-9(12(13,14)15)17-3-5-18(6-4-17)11(19)7-10(8-16)20-2/h9-10H,3-8,16H2,1-2H3. The van der Waals surface area contributed by atoms with Crippen LogP contribution in [-0.2, 0) is 9.53 Å². The third-order valence-electron chi connectivity index (χ3n) is 3.69. The molecule has 2 N–H and O–H groups in total. The molecule has 0 bridgehead atoms. The van der Waals surface area contributed by atoms with E-state index in [9.17, 15) is 18.0 Å². The number of carbonyl (C=O) groups excluding carboxylic acids is 1. The van der Waals surface area contributed by atoms with E-state index in [-0.39, 0.29) is 38.1 Å². The lowest BCUT2D eigenvalue weighted by Crippen LogP contribution is -2.55. The highest BCUT2D eigenvalue weighted by Gasteiger charge is 2.41. The molecule has 0 aromatic carbocycles. The van der Waals surface area contributed by atoms with Crippen LogP contribution in [0, 0.1) is 0 Å². The fraction of sp³-hybridized carbons (Fsp3) is 0.917. The van der Waals surface area contributed by atoms with E-state index >= 15 is 0 Å². The molecule has 0 aromatic rings. The van der Waals surface area contributed by atoms with E-state index in [1.807, 2.05) is 0 Å². The van der Waals surface area contributed by atoms with Crippen molar-refractivity contribution in [3.8, 4) is 0 Å². The highest BCUT2D eigenvalue weighted by atomic mass is 19.4. The summed E-state index contributed by atoms with van der Waals surface area (Å²) in [6.07, 6.45) is -4.40. The smallest absolute Gasteiger partial charge is 0.380 e. The van der Waals surface area contributed by atoms with Gasteiger partial charge in [-0.2, -0.15) is 13.2 Å². The summed E-state index contributed by atoms with van der Waals surface area (Å²) >= 11 is 0. The normalized spacial score (nSPS) is 20.8. The van der Waals surface area contributed by atoms with Crippen molar-refractivity contribution in [2.75, 3.05) is 39.8 Å². The second kappa shape index (κ2) is 7.24. The van der Waals surface area contributed by atoms with Crippen LogP contribution in [0.2, 0.25) is 0 Å². The Morgan fingerprint density at radius 1 is 1.30 bits per heavy atom. The van der Waals surface area contributed by atoms with Crippen molar-refractivity contribution in [2.45, 2.75) is 31.7 Å². The third-order valence-corrected chi connectivity index (χ3v) is 3.69. The van der Waals surface area contributed by atoms with E-state index < -0.39 is 12.2 Å². The van der Waals surface area contributed by atoms with Crippen LogP contribution >= 0.6 is 0 Å². The van der Waals surface area contributed by atoms with Gasteiger partial charge in [0.2, 0.25) is 5.91 Å². The lowest BCUT2D eigenvalue weighted by molar-refractivity contribution is -0.183. The zero-order chi connectivity index (χ0) is 15.3. The van der Waals surface area contributed by atoms with E-state index in [2.05, 4.69) is 0 Å². The van der Waals surface area contributed by atoms with Crippen LogP contribution < -0.4 is 5.73 Å². The molecule has 1 saturated heterocycles. The second-order valence-corrected chi connectivity index (χ2v) is 4.93. The molecule has 0 radical (unpaired) electrons. The van der Waals surface area contributed by atoms with Gasteiger partial charge in [0.05, 0.1) is 12.5 Å². The summed E-state index contributed by atoms with van der Waals surface area (Å²) in [6.45, 7) is 2.46. The first-order valence-corrected chi connectivity index (χ1v) is 6.61. The van der Waals surface area contributed by atoms with Gasteiger partial charge in [-0.05, 0) is 6.92 Å². The molecule has 1 heterocycles. The van der Waals surface area contributed by atoms with E-state index in [1.165, 1.54) is 12.0 Å². The number of carbonyl (C=O) groups is 1. The van der Waals surface area contributed by atoms with Gasteiger partial charge in [-0.15, -0.1) is 0 Å². The average Bonchev–Trinajstić information content (AvgIpc) is 2.42. The molecule has 20 heavy (non-hydrogen) atoms. The molecule has 2 unspecified atom stereocenters. The van der Waals surface area contributed by atoms with Crippen molar-refractivity contribution in [2.24, 2.45) is 5.73 Å². The predicted octanol–water partition coefficient (Wildman–Crippen LogP) is 0.445. The molecule has 2 atom stereocenters. The van der Waals surface area contributed by atoms with Gasteiger partial charge in [-0.3, -0.25) is 9.69 Å². The Balaban J connectivity index is 2.44. The van der Waals surface area contributed by atoms with Gasteiger partial charge < -0.3 is 15.4 Å². The Kier molecular flexibility index (Phi) is 6.22. The van der Waals surface area contributed by atoms with E-state index in [4.69, 9.17) is 10.5 Å². The molecule has 1 aliphatic rings. The number of ether oxygens (including phenoxy) is 1. The maximum atomic E-state index is 12.6. The van der Waals surface area contributed by atoms with Gasteiger partial charge in [0.25, 0.3) is 0 Å². The summed E-state index contributed by atoms with van der Waals surface area (Å²) < 4.78 is 42.8. The minimum absolute atomic E-state index is 0.124. The summed E-state index contributed by atoms with van der Waals surface area (Å²) in [7, 11) is 1.48. The summed E-state index contributed by atoms with van der Waals surface area (Å²) in [5.74, 6) is -0.124. The summed E-state index contributed by atoms with van der Waals surface area (Å²) in [4.78, 5) is 14.9. The minimum Gasteiger partial charge on any atom is -0.380 e. The van der Waals surface area contributed by atoms with Gasteiger partial charge in [0, 0.05) is 39.8 Å². The van der Waals surface area contributed by atoms with Crippen LogP contribution in [0.3, 0.4) is 0 Å². The molecular formula is C12H22F3N3O2. The summed E-state index contributed by atoms with van der Waals surface area (Å²) in [5.41, 5.74) is 5.44. The van der Waals surface area contributed by atoms with Crippen molar-refractivity contribution in [3.63, 3.8) is 0 Å². The number of piperazine rings is 1. The van der Waals surface area contributed by atoms with Crippen LogP contribution in [0.1, 0.15) is 13.3 Å². The quantitative estimate of drug-likeness (QED) is 0.800. The molecule has 5 nitrogen and oxygen atoms in total. The number of rotatable bonds is 5. The van der Waals surface area contributed by atoms with Gasteiger partial charge in [0.1, 0.15) is 6.04 Å². The predicted molar refractivity (Wildman–Crippen MR) is 68.1 cm³/mol. The highest BCUT2D eigenvalue weighted by Crippen LogP contribution is 2.25. The van der Waals surface area contributed by atoms with E-state index in [0.717, 1.165) is 6.92 Å². The van der Waals surface area contributed by atoms with Crippen molar-refractivity contribution >= 4 is 5.91 Å². The Morgan fingerprint density at radius 2 is 1.85 bits per heavy atom. The molecule has 118 valence electrons. The molecule has 1 amide bonds. The fourth-order valence-corrected chi connectivity index (χ4v) is 2.15. The zero-order valence-corrected chi connectivity index (χ0v) is 11.8. The first-order valence-electron chi connectivity index (χ1n) is 6.61. The van der Waals surface area contributed by atoms with Crippen molar-refractivity contribution in [3.05, 3.63) is 0 Å². The lowest BCUT2D eigenvalue weighted by Gasteiger charge is -2.38. The highest BCUT2D eigenvalue weighted by molar-refractivity contribution is 5.76. The number of halogens is 3. The molecular weight excluding hydrogens is 275 g/mol. The molecule has 1 fully saturated rings. The van der Waals surface area contributed by atoms with Gasteiger partial charge in [-0.25, -0.2) is 0 Å². The first-order chi connectivity index (χ1) is 9.29. The van der Waals surface area contributed by atoms with Crippen LogP contribution in [0.4, 0.5) is 13.2 Å². The van der Waals surface area contributed by atoms with E-state index in [1.54, 1.807) is 4.90 Å². The van der Waals surface area contributed by atoms with Crippen LogP contribution in [-0.4, -0.2) is 73.9 Å². The molecule has 0 spiro atoms. The maximum absolute atomic E-state index is 12.6. The number of alkyl halides is 3. The van der Waals surface area contributed by atoms with Crippen LogP contribution in [0.25, 0.3) is 0 Å². The number of amides is 1. The van der Waals surface area contributed by atoms with E-state index in [0.29, 0.717) is 13.1 Å². The second-order valence-electron chi connectivity index (χ2n) is 4.93. The monoisotopic (exact) mass is 297 g/mol. The van der Waals surface area contributed by atoms with Gasteiger partial charge in [0.15, 0.2) is 0 Å². The number of hydrogen-bond donors (Lipinski definition) is 1. The molecule has 0 aliphatic carbocycles. The minimum atomic E-state index is -4.23. The Bertz CT molecular complexity index is 314. The molecule has 1 aliphatic heterocycles. The molecule has 0 saturated carbocycles. The number of nitrogens with two attached hydrogens (primary N) is 1. The van der Waals surface area contributed by atoms with Crippen molar-refractivity contribution in [1.29, 1.82) is 0 Å². The molecule has 1 rings (SSSR count). The molecule has 0 aromatic heterocycles. The summed E-state index contributed by atoms with van der Waals surface area (Å²) in [6, 6.07) is -1.48. The Morgan fingerprint density at radius 3 is 2.25 bits per heavy atom. The van der Waals surface area contributed by atoms with Crippen molar-refractivity contribution < 1.29 is 22.7 Å². The maximum Gasteiger partial charge on any atom is 0.403 e. The number of nitrogens with zero attached hydrogens (tertiary/aromatic N) is 2. The summed E-state index contributed by atoms with van der Waals surface area (Å²) in [5, 5.41) is 0. The SMILES string of the molecule is COC(CN)CC(=O)N1CCN(C(C)C(F)(F)F)CC1.